The quantitative estimate of drug-likeness (QED) is 0.816. The fourth-order valence-electron chi connectivity index (χ4n) is 2.03. The minimum absolute atomic E-state index is 0.0108. The van der Waals surface area contributed by atoms with Gasteiger partial charge in [0.05, 0.1) is 5.92 Å². The highest BCUT2D eigenvalue weighted by Gasteiger charge is 2.28. The second kappa shape index (κ2) is 4.88. The van der Waals surface area contributed by atoms with Gasteiger partial charge in [0.25, 0.3) is 0 Å². The van der Waals surface area contributed by atoms with E-state index in [1.807, 2.05) is 0 Å². The van der Waals surface area contributed by atoms with Crippen molar-refractivity contribution < 1.29 is 4.79 Å². The maximum Gasteiger partial charge on any atom is 0.230 e. The van der Waals surface area contributed by atoms with E-state index in [1.54, 1.807) is 6.92 Å². The molecule has 0 saturated heterocycles. The van der Waals surface area contributed by atoms with Gasteiger partial charge in [0.1, 0.15) is 5.82 Å². The number of carbonyl (C=O) groups excluding carboxylic acids is 1. The van der Waals surface area contributed by atoms with Gasteiger partial charge in [0.2, 0.25) is 11.0 Å². The van der Waals surface area contributed by atoms with Crippen LogP contribution < -0.4 is 11.1 Å². The molecule has 1 aliphatic rings. The maximum atomic E-state index is 11.9. The highest BCUT2D eigenvalue weighted by Crippen LogP contribution is 2.24. The lowest BCUT2D eigenvalue weighted by atomic mass is 9.84. The molecule has 0 bridgehead atoms. The van der Waals surface area contributed by atoms with Crippen LogP contribution in [0.5, 0.6) is 0 Å². The number of nitrogens with one attached hydrogen (secondary N) is 1. The summed E-state index contributed by atoms with van der Waals surface area (Å²) in [4.78, 5) is 16.0. The van der Waals surface area contributed by atoms with Crippen LogP contribution in [0.25, 0.3) is 0 Å². The van der Waals surface area contributed by atoms with Gasteiger partial charge in [0, 0.05) is 17.6 Å². The topological polar surface area (TPSA) is 80.9 Å². The Bertz CT molecular complexity index is 379. The number of rotatable bonds is 2. The summed E-state index contributed by atoms with van der Waals surface area (Å²) in [5.74, 6) is 0.606. The predicted octanol–water partition coefficient (Wildman–Crippen LogP) is 1.30. The summed E-state index contributed by atoms with van der Waals surface area (Å²) in [5.41, 5.74) is 5.95. The van der Waals surface area contributed by atoms with Crippen molar-refractivity contribution in [3.05, 3.63) is 5.82 Å². The zero-order chi connectivity index (χ0) is 11.5. The van der Waals surface area contributed by atoms with Crippen molar-refractivity contribution in [1.29, 1.82) is 0 Å². The smallest absolute Gasteiger partial charge is 0.230 e. The number of carbonyl (C=O) groups is 1. The van der Waals surface area contributed by atoms with Crippen molar-refractivity contribution in [2.24, 2.45) is 11.7 Å². The van der Waals surface area contributed by atoms with Gasteiger partial charge in [-0.3, -0.25) is 4.79 Å². The molecule has 2 rings (SSSR count). The summed E-state index contributed by atoms with van der Waals surface area (Å²) in [6.45, 7) is 1.80. The third-order valence-corrected chi connectivity index (χ3v) is 3.64. The standard InChI is InChI=1S/C10H16N4OS/c1-6-12-10(16-14-6)13-9(15)7-4-2-3-5-8(7)11/h7-8H,2-5,11H2,1H3,(H,12,13,14,15). The first-order valence-electron chi connectivity index (χ1n) is 5.53. The third kappa shape index (κ3) is 2.56. The van der Waals surface area contributed by atoms with Gasteiger partial charge in [-0.1, -0.05) is 12.8 Å². The lowest BCUT2D eigenvalue weighted by Gasteiger charge is -2.26. The van der Waals surface area contributed by atoms with Crippen molar-refractivity contribution in [2.45, 2.75) is 38.6 Å². The lowest BCUT2D eigenvalue weighted by molar-refractivity contribution is -0.121. The van der Waals surface area contributed by atoms with Gasteiger partial charge < -0.3 is 11.1 Å². The van der Waals surface area contributed by atoms with Crippen LogP contribution in [-0.2, 0) is 4.79 Å². The molecule has 88 valence electrons. The van der Waals surface area contributed by atoms with Gasteiger partial charge >= 0.3 is 0 Å². The molecule has 6 heteroatoms. The van der Waals surface area contributed by atoms with E-state index in [4.69, 9.17) is 5.73 Å². The summed E-state index contributed by atoms with van der Waals surface area (Å²) < 4.78 is 4.02. The van der Waals surface area contributed by atoms with Crippen LogP contribution in [-0.4, -0.2) is 21.3 Å². The zero-order valence-electron chi connectivity index (χ0n) is 9.27. The van der Waals surface area contributed by atoms with E-state index in [1.165, 1.54) is 11.5 Å². The maximum absolute atomic E-state index is 11.9. The normalized spacial score (nSPS) is 25.4. The molecule has 1 aromatic rings. The van der Waals surface area contributed by atoms with Crippen LogP contribution in [0.4, 0.5) is 5.13 Å². The van der Waals surface area contributed by atoms with Crippen molar-refractivity contribution in [3.63, 3.8) is 0 Å². The summed E-state index contributed by atoms with van der Waals surface area (Å²) in [7, 11) is 0. The van der Waals surface area contributed by atoms with Crippen LogP contribution in [0.15, 0.2) is 0 Å². The van der Waals surface area contributed by atoms with Gasteiger partial charge in [-0.2, -0.15) is 4.37 Å². The molecule has 1 saturated carbocycles. The van der Waals surface area contributed by atoms with E-state index in [9.17, 15) is 4.79 Å². The Morgan fingerprint density at radius 2 is 2.25 bits per heavy atom. The van der Waals surface area contributed by atoms with Crippen molar-refractivity contribution in [2.75, 3.05) is 5.32 Å². The number of nitrogens with two attached hydrogens (primary N) is 1. The Morgan fingerprint density at radius 1 is 1.50 bits per heavy atom. The molecule has 1 amide bonds. The first-order valence-corrected chi connectivity index (χ1v) is 6.31. The average molecular weight is 240 g/mol. The zero-order valence-corrected chi connectivity index (χ0v) is 10.1. The average Bonchev–Trinajstić information content (AvgIpc) is 2.64. The van der Waals surface area contributed by atoms with E-state index in [2.05, 4.69) is 14.7 Å². The Balaban J connectivity index is 1.96. The number of amides is 1. The van der Waals surface area contributed by atoms with Crippen LogP contribution in [0.1, 0.15) is 31.5 Å². The Hall–Kier alpha value is -1.01. The Kier molecular flexibility index (Phi) is 3.50. The number of aryl methyl sites for hydroxylation is 1. The van der Waals surface area contributed by atoms with E-state index in [0.717, 1.165) is 25.7 Å². The molecule has 5 nitrogen and oxygen atoms in total. The lowest BCUT2D eigenvalue weighted by Crippen LogP contribution is -2.40. The number of aromatic nitrogens is 2. The minimum atomic E-state index is -0.0713. The number of anilines is 1. The second-order valence-corrected chi connectivity index (χ2v) is 4.94. The molecule has 1 heterocycles. The van der Waals surface area contributed by atoms with Crippen LogP contribution in [0.3, 0.4) is 0 Å². The molecule has 0 aliphatic heterocycles. The van der Waals surface area contributed by atoms with Crippen molar-refractivity contribution >= 4 is 22.6 Å². The fourth-order valence-corrected chi connectivity index (χ4v) is 2.61. The number of nitrogens with zero attached hydrogens (tertiary/aromatic N) is 2. The molecule has 16 heavy (non-hydrogen) atoms. The highest BCUT2D eigenvalue weighted by molar-refractivity contribution is 7.09. The molecule has 1 fully saturated rings. The minimum Gasteiger partial charge on any atom is -0.327 e. The molecule has 2 unspecified atom stereocenters. The van der Waals surface area contributed by atoms with E-state index < -0.39 is 0 Å². The molecular weight excluding hydrogens is 224 g/mol. The number of hydrogen-bond acceptors (Lipinski definition) is 5. The number of hydrogen-bond donors (Lipinski definition) is 2. The third-order valence-electron chi connectivity index (χ3n) is 2.91. The molecule has 1 aliphatic carbocycles. The first-order chi connectivity index (χ1) is 7.66. The second-order valence-electron chi connectivity index (χ2n) is 4.19. The molecule has 0 radical (unpaired) electrons. The summed E-state index contributed by atoms with van der Waals surface area (Å²) in [5, 5.41) is 3.36. The van der Waals surface area contributed by atoms with Gasteiger partial charge in [-0.15, -0.1) is 0 Å². The fraction of sp³-hybridized carbons (Fsp3) is 0.700. The van der Waals surface area contributed by atoms with E-state index in [-0.39, 0.29) is 17.9 Å². The SMILES string of the molecule is Cc1nsc(NC(=O)C2CCCCC2N)n1. The monoisotopic (exact) mass is 240 g/mol. The summed E-state index contributed by atoms with van der Waals surface area (Å²) in [6, 6.07) is -0.0113. The van der Waals surface area contributed by atoms with Crippen LogP contribution >= 0.6 is 11.5 Å². The molecule has 0 spiro atoms. The van der Waals surface area contributed by atoms with Crippen LogP contribution in [0, 0.1) is 12.8 Å². The summed E-state index contributed by atoms with van der Waals surface area (Å²) in [6.07, 6.45) is 4.03. The first kappa shape index (κ1) is 11.5. The van der Waals surface area contributed by atoms with Gasteiger partial charge in [0.15, 0.2) is 0 Å². The molecular formula is C10H16N4OS. The largest absolute Gasteiger partial charge is 0.327 e. The molecule has 2 atom stereocenters. The van der Waals surface area contributed by atoms with Crippen molar-refractivity contribution in [3.8, 4) is 0 Å². The van der Waals surface area contributed by atoms with E-state index in [0.29, 0.717) is 11.0 Å². The molecule has 3 N–H and O–H groups in total. The van der Waals surface area contributed by atoms with Crippen molar-refractivity contribution in [1.82, 2.24) is 9.36 Å². The molecule has 1 aromatic heterocycles. The van der Waals surface area contributed by atoms with Gasteiger partial charge in [-0.05, 0) is 19.8 Å². The highest BCUT2D eigenvalue weighted by atomic mass is 32.1. The van der Waals surface area contributed by atoms with Gasteiger partial charge in [-0.25, -0.2) is 4.98 Å². The summed E-state index contributed by atoms with van der Waals surface area (Å²) >= 11 is 1.21. The van der Waals surface area contributed by atoms with E-state index >= 15 is 0 Å². The molecule has 0 aromatic carbocycles. The van der Waals surface area contributed by atoms with Crippen LogP contribution in [0.2, 0.25) is 0 Å². The Morgan fingerprint density at radius 3 is 2.88 bits per heavy atom. The Labute approximate surface area is 98.6 Å². The predicted molar refractivity (Wildman–Crippen MR) is 63.2 cm³/mol.